The van der Waals surface area contributed by atoms with Gasteiger partial charge in [-0.25, -0.2) is 0 Å². The van der Waals surface area contributed by atoms with Gasteiger partial charge in [-0.15, -0.1) is 0 Å². The topological polar surface area (TPSA) is 64.5 Å². The molecular weight excluding hydrogens is 214 g/mol. The molecule has 0 bridgehead atoms. The second-order valence-corrected chi connectivity index (χ2v) is 4.42. The van der Waals surface area contributed by atoms with Gasteiger partial charge >= 0.3 is 0 Å². The number of benzene rings is 1. The van der Waals surface area contributed by atoms with Crippen molar-refractivity contribution >= 4 is 16.9 Å². The number of ether oxygens (including phenoxy) is 1. The van der Waals surface area contributed by atoms with Gasteiger partial charge in [0.1, 0.15) is 5.75 Å². The van der Waals surface area contributed by atoms with Crippen LogP contribution in [-0.2, 0) is 0 Å². The first-order valence-electron chi connectivity index (χ1n) is 5.72. The summed E-state index contributed by atoms with van der Waals surface area (Å²) >= 11 is 0. The van der Waals surface area contributed by atoms with E-state index < -0.39 is 0 Å². The van der Waals surface area contributed by atoms with E-state index in [2.05, 4.69) is 18.0 Å². The fourth-order valence-electron chi connectivity index (χ4n) is 2.08. The maximum absolute atomic E-state index is 6.02. The highest BCUT2D eigenvalue weighted by atomic mass is 16.5. The van der Waals surface area contributed by atoms with Gasteiger partial charge in [0, 0.05) is 24.3 Å². The molecule has 0 radical (unpaired) electrons. The molecule has 0 aromatic heterocycles. The first-order chi connectivity index (χ1) is 8.11. The second-order valence-electron chi connectivity index (χ2n) is 4.42. The third-order valence-electron chi connectivity index (χ3n) is 3.16. The summed E-state index contributed by atoms with van der Waals surface area (Å²) in [5.41, 5.74) is 15.5. The Labute approximate surface area is 102 Å². The van der Waals surface area contributed by atoms with Crippen LogP contribution < -0.4 is 16.2 Å². The van der Waals surface area contributed by atoms with Crippen LogP contribution in [0, 0.1) is 0 Å². The van der Waals surface area contributed by atoms with Crippen LogP contribution in [0.1, 0.15) is 12.0 Å². The van der Waals surface area contributed by atoms with Crippen molar-refractivity contribution in [1.29, 1.82) is 0 Å². The molecule has 1 aliphatic heterocycles. The number of nitrogens with zero attached hydrogens (tertiary/aromatic N) is 1. The SMILES string of the molecule is COc1cc(C2=CCN(C)CC2)c(N)cc1N. The quantitative estimate of drug-likeness (QED) is 0.761. The summed E-state index contributed by atoms with van der Waals surface area (Å²) in [7, 11) is 3.73. The zero-order valence-electron chi connectivity index (χ0n) is 10.4. The normalized spacial score (nSPS) is 16.7. The third-order valence-corrected chi connectivity index (χ3v) is 3.16. The number of rotatable bonds is 2. The highest BCUT2D eigenvalue weighted by molar-refractivity contribution is 5.80. The van der Waals surface area contributed by atoms with Gasteiger partial charge in [-0.1, -0.05) is 6.08 Å². The zero-order valence-corrected chi connectivity index (χ0v) is 10.4. The summed E-state index contributed by atoms with van der Waals surface area (Å²) in [6.45, 7) is 2.01. The molecule has 92 valence electrons. The summed E-state index contributed by atoms with van der Waals surface area (Å²) in [6, 6.07) is 3.70. The van der Waals surface area contributed by atoms with Crippen LogP contribution in [0.5, 0.6) is 5.75 Å². The van der Waals surface area contributed by atoms with E-state index >= 15 is 0 Å². The van der Waals surface area contributed by atoms with E-state index in [0.717, 1.165) is 30.8 Å². The molecule has 4 nitrogen and oxygen atoms in total. The van der Waals surface area contributed by atoms with Gasteiger partial charge in [0.15, 0.2) is 0 Å². The largest absolute Gasteiger partial charge is 0.495 e. The van der Waals surface area contributed by atoms with Crippen molar-refractivity contribution < 1.29 is 4.74 Å². The number of hydrogen-bond donors (Lipinski definition) is 2. The summed E-state index contributed by atoms with van der Waals surface area (Å²) in [4.78, 5) is 2.27. The lowest BCUT2D eigenvalue weighted by atomic mass is 9.97. The minimum atomic E-state index is 0.585. The van der Waals surface area contributed by atoms with Gasteiger partial charge in [0.25, 0.3) is 0 Å². The minimum absolute atomic E-state index is 0.585. The molecule has 0 fully saturated rings. The molecule has 1 aromatic carbocycles. The molecule has 1 aromatic rings. The lowest BCUT2D eigenvalue weighted by molar-refractivity contribution is 0.370. The van der Waals surface area contributed by atoms with Crippen molar-refractivity contribution in [3.63, 3.8) is 0 Å². The minimum Gasteiger partial charge on any atom is -0.495 e. The van der Waals surface area contributed by atoms with Crippen LogP contribution in [0.25, 0.3) is 5.57 Å². The molecule has 0 amide bonds. The van der Waals surface area contributed by atoms with E-state index in [0.29, 0.717) is 11.4 Å². The molecule has 4 N–H and O–H groups in total. The van der Waals surface area contributed by atoms with Gasteiger partial charge < -0.3 is 21.1 Å². The fraction of sp³-hybridized carbons (Fsp3) is 0.385. The van der Waals surface area contributed by atoms with Gasteiger partial charge in [-0.2, -0.15) is 0 Å². The summed E-state index contributed by atoms with van der Waals surface area (Å²) in [5.74, 6) is 0.689. The second kappa shape index (κ2) is 4.67. The van der Waals surface area contributed by atoms with E-state index in [4.69, 9.17) is 16.2 Å². The van der Waals surface area contributed by atoms with E-state index in [9.17, 15) is 0 Å². The average molecular weight is 233 g/mol. The molecule has 0 atom stereocenters. The fourth-order valence-corrected chi connectivity index (χ4v) is 2.08. The Morgan fingerprint density at radius 2 is 2.00 bits per heavy atom. The predicted molar refractivity (Wildman–Crippen MR) is 71.9 cm³/mol. The molecule has 0 spiro atoms. The molecule has 0 aliphatic carbocycles. The Balaban J connectivity index is 2.38. The summed E-state index contributed by atoms with van der Waals surface area (Å²) in [6.07, 6.45) is 3.22. The Morgan fingerprint density at radius 3 is 2.59 bits per heavy atom. The number of anilines is 2. The van der Waals surface area contributed by atoms with Crippen molar-refractivity contribution in [3.05, 3.63) is 23.8 Å². The molecule has 0 saturated carbocycles. The van der Waals surface area contributed by atoms with E-state index in [1.165, 1.54) is 5.57 Å². The first-order valence-corrected chi connectivity index (χ1v) is 5.72. The lowest BCUT2D eigenvalue weighted by Gasteiger charge is -2.23. The Bertz CT molecular complexity index is 454. The van der Waals surface area contributed by atoms with Crippen molar-refractivity contribution in [2.45, 2.75) is 6.42 Å². The molecule has 2 rings (SSSR count). The summed E-state index contributed by atoms with van der Waals surface area (Å²) in [5, 5.41) is 0. The molecule has 1 aliphatic rings. The monoisotopic (exact) mass is 233 g/mol. The van der Waals surface area contributed by atoms with Gasteiger partial charge in [-0.3, -0.25) is 0 Å². The van der Waals surface area contributed by atoms with Crippen LogP contribution in [0.4, 0.5) is 11.4 Å². The van der Waals surface area contributed by atoms with E-state index in [1.54, 1.807) is 13.2 Å². The Hall–Kier alpha value is -1.68. The van der Waals surface area contributed by atoms with Gasteiger partial charge in [0.2, 0.25) is 0 Å². The number of nitrogen functional groups attached to an aromatic ring is 2. The first kappa shape index (κ1) is 11.8. The van der Waals surface area contributed by atoms with Gasteiger partial charge in [-0.05, 0) is 31.2 Å². The van der Waals surface area contributed by atoms with Crippen molar-refractivity contribution in [2.75, 3.05) is 38.7 Å². The summed E-state index contributed by atoms with van der Waals surface area (Å²) < 4.78 is 5.23. The number of hydrogen-bond acceptors (Lipinski definition) is 4. The van der Waals surface area contributed by atoms with Gasteiger partial charge in [0.05, 0.1) is 12.8 Å². The Kier molecular flexibility index (Phi) is 3.24. The molecule has 17 heavy (non-hydrogen) atoms. The van der Waals surface area contributed by atoms with Crippen LogP contribution in [0.2, 0.25) is 0 Å². The maximum atomic E-state index is 6.02. The number of likely N-dealkylation sites (N-methyl/N-ethyl adjacent to an activating group) is 1. The Morgan fingerprint density at radius 1 is 1.24 bits per heavy atom. The van der Waals surface area contributed by atoms with Crippen molar-refractivity contribution in [1.82, 2.24) is 4.90 Å². The van der Waals surface area contributed by atoms with Crippen LogP contribution in [-0.4, -0.2) is 32.1 Å². The van der Waals surface area contributed by atoms with Crippen LogP contribution in [0.15, 0.2) is 18.2 Å². The smallest absolute Gasteiger partial charge is 0.142 e. The number of nitrogens with two attached hydrogens (primary N) is 2. The van der Waals surface area contributed by atoms with Crippen molar-refractivity contribution in [3.8, 4) is 5.75 Å². The number of methoxy groups -OCH3 is 1. The molecule has 1 heterocycles. The molecular formula is C13H19N3O. The molecule has 4 heteroatoms. The maximum Gasteiger partial charge on any atom is 0.142 e. The highest BCUT2D eigenvalue weighted by Crippen LogP contribution is 2.33. The van der Waals surface area contributed by atoms with Crippen LogP contribution in [0.3, 0.4) is 0 Å². The molecule has 0 saturated heterocycles. The zero-order chi connectivity index (χ0) is 12.4. The van der Waals surface area contributed by atoms with Crippen molar-refractivity contribution in [2.24, 2.45) is 0 Å². The lowest BCUT2D eigenvalue weighted by Crippen LogP contribution is -2.23. The van der Waals surface area contributed by atoms with E-state index in [1.807, 2.05) is 6.07 Å². The standard InChI is InChI=1S/C13H19N3O/c1-16-5-3-9(4-6-16)10-7-13(17-2)12(15)8-11(10)14/h3,7-8H,4-6,14-15H2,1-2H3. The van der Waals surface area contributed by atoms with Crippen LogP contribution >= 0.6 is 0 Å². The molecule has 0 unspecified atom stereocenters. The predicted octanol–water partition coefficient (Wildman–Crippen LogP) is 1.58. The third kappa shape index (κ3) is 2.36. The average Bonchev–Trinajstić information content (AvgIpc) is 2.31. The highest BCUT2D eigenvalue weighted by Gasteiger charge is 2.14. The van der Waals surface area contributed by atoms with E-state index in [-0.39, 0.29) is 0 Å².